The number of benzene rings is 1. The van der Waals surface area contributed by atoms with Gasteiger partial charge < -0.3 is 14.6 Å². The number of aliphatic hydroxyl groups is 1. The van der Waals surface area contributed by atoms with E-state index in [1.54, 1.807) is 13.2 Å². The number of Topliss-reactive ketones (excluding diaryl/α,β-unsaturated/α-hetero) is 1. The number of morpholine rings is 1. The van der Waals surface area contributed by atoms with Gasteiger partial charge in [0.15, 0.2) is 5.78 Å². The fourth-order valence-corrected chi connectivity index (χ4v) is 2.73. The minimum atomic E-state index is -1.39. The molecule has 1 aromatic rings. The van der Waals surface area contributed by atoms with Crippen molar-refractivity contribution in [2.45, 2.75) is 32.9 Å². The zero-order chi connectivity index (χ0) is 16.3. The van der Waals surface area contributed by atoms with Crippen LogP contribution in [0.15, 0.2) is 12.1 Å². The number of carbonyl (C=O) groups excluding carboxylic acids is 1. The molecule has 1 aliphatic heterocycles. The molecule has 0 aromatic heterocycles. The van der Waals surface area contributed by atoms with E-state index in [0.29, 0.717) is 5.56 Å². The van der Waals surface area contributed by atoms with Crippen LogP contribution < -0.4 is 4.74 Å². The minimum absolute atomic E-state index is 0.291. The van der Waals surface area contributed by atoms with Crippen LogP contribution in [0, 0.1) is 6.92 Å². The first-order chi connectivity index (χ1) is 10.3. The highest BCUT2D eigenvalue weighted by atomic mass is 16.5. The lowest BCUT2D eigenvalue weighted by Crippen LogP contribution is -2.36. The molecule has 0 radical (unpaired) electrons. The van der Waals surface area contributed by atoms with Crippen molar-refractivity contribution in [1.82, 2.24) is 4.90 Å². The Hall–Kier alpha value is -1.43. The van der Waals surface area contributed by atoms with Gasteiger partial charge in [0.2, 0.25) is 0 Å². The summed E-state index contributed by atoms with van der Waals surface area (Å²) in [5, 5.41) is 9.95. The molecule has 0 spiro atoms. The number of methoxy groups -OCH3 is 1. The molecule has 22 heavy (non-hydrogen) atoms. The Morgan fingerprint density at radius 2 is 2.00 bits per heavy atom. The van der Waals surface area contributed by atoms with Crippen molar-refractivity contribution in [1.29, 1.82) is 0 Å². The van der Waals surface area contributed by atoms with Crippen molar-refractivity contribution in [3.8, 4) is 5.75 Å². The van der Waals surface area contributed by atoms with Gasteiger partial charge >= 0.3 is 0 Å². The second-order valence-corrected chi connectivity index (χ2v) is 6.21. The summed E-state index contributed by atoms with van der Waals surface area (Å²) < 4.78 is 10.9. The van der Waals surface area contributed by atoms with Crippen LogP contribution in [-0.4, -0.2) is 54.8 Å². The van der Waals surface area contributed by atoms with Crippen molar-refractivity contribution in [2.75, 3.05) is 33.4 Å². The number of carbonyl (C=O) groups is 1. The van der Waals surface area contributed by atoms with E-state index in [2.05, 4.69) is 4.90 Å². The van der Waals surface area contributed by atoms with Gasteiger partial charge in [0.25, 0.3) is 0 Å². The summed E-state index contributed by atoms with van der Waals surface area (Å²) in [7, 11) is 1.61. The molecule has 0 aliphatic carbocycles. The lowest BCUT2D eigenvalue weighted by Gasteiger charge is -2.28. The zero-order valence-electron chi connectivity index (χ0n) is 13.8. The molecule has 1 heterocycles. The maximum atomic E-state index is 12.3. The van der Waals surface area contributed by atoms with Crippen molar-refractivity contribution >= 4 is 5.78 Å². The second kappa shape index (κ2) is 6.77. The summed E-state index contributed by atoms with van der Waals surface area (Å²) in [6, 6.07) is 3.70. The van der Waals surface area contributed by atoms with Crippen LogP contribution in [0.3, 0.4) is 0 Å². The number of rotatable bonds is 5. The van der Waals surface area contributed by atoms with E-state index < -0.39 is 5.60 Å². The first-order valence-corrected chi connectivity index (χ1v) is 7.58. The number of ether oxygens (including phenoxy) is 2. The van der Waals surface area contributed by atoms with Crippen LogP contribution in [0.25, 0.3) is 0 Å². The van der Waals surface area contributed by atoms with Crippen LogP contribution in [0.4, 0.5) is 0 Å². The number of hydrogen-bond acceptors (Lipinski definition) is 5. The fraction of sp³-hybridized carbons (Fsp3) is 0.588. The Morgan fingerprint density at radius 3 is 2.55 bits per heavy atom. The van der Waals surface area contributed by atoms with Crippen molar-refractivity contribution in [2.24, 2.45) is 0 Å². The van der Waals surface area contributed by atoms with E-state index in [1.807, 2.05) is 13.0 Å². The Kier molecular flexibility index (Phi) is 5.21. The number of hydrogen-bond donors (Lipinski definition) is 1. The highest BCUT2D eigenvalue weighted by Crippen LogP contribution is 2.30. The second-order valence-electron chi connectivity index (χ2n) is 6.21. The van der Waals surface area contributed by atoms with E-state index >= 15 is 0 Å². The third-order valence-electron chi connectivity index (χ3n) is 3.99. The molecule has 1 saturated heterocycles. The fourth-order valence-electron chi connectivity index (χ4n) is 2.73. The first kappa shape index (κ1) is 16.9. The highest BCUT2D eigenvalue weighted by molar-refractivity contribution is 6.03. The molecule has 1 aliphatic rings. The molecule has 0 bridgehead atoms. The summed E-state index contributed by atoms with van der Waals surface area (Å²) in [5.41, 5.74) is 0.950. The van der Waals surface area contributed by atoms with Crippen molar-refractivity contribution in [3.05, 3.63) is 28.8 Å². The molecule has 2 rings (SSSR count). The van der Waals surface area contributed by atoms with Gasteiger partial charge in [-0.25, -0.2) is 0 Å². The van der Waals surface area contributed by atoms with E-state index in [4.69, 9.17) is 9.47 Å². The number of nitrogens with zero attached hydrogens (tertiary/aromatic N) is 1. The SMILES string of the molecule is COc1c(CN2CCOCC2)ccc(C(=O)C(C)(C)O)c1C. The Morgan fingerprint density at radius 1 is 1.36 bits per heavy atom. The lowest BCUT2D eigenvalue weighted by atomic mass is 9.92. The highest BCUT2D eigenvalue weighted by Gasteiger charge is 2.28. The lowest BCUT2D eigenvalue weighted by molar-refractivity contribution is 0.0338. The van der Waals surface area contributed by atoms with Crippen LogP contribution in [0.1, 0.15) is 35.3 Å². The summed E-state index contributed by atoms with van der Waals surface area (Å²) in [6.07, 6.45) is 0. The Labute approximate surface area is 131 Å². The van der Waals surface area contributed by atoms with Gasteiger partial charge in [-0.3, -0.25) is 9.69 Å². The van der Waals surface area contributed by atoms with Crippen LogP contribution in [-0.2, 0) is 11.3 Å². The van der Waals surface area contributed by atoms with Crippen LogP contribution in [0.2, 0.25) is 0 Å². The van der Waals surface area contributed by atoms with E-state index in [0.717, 1.165) is 49.7 Å². The molecule has 122 valence electrons. The molecule has 1 N–H and O–H groups in total. The molecule has 5 heteroatoms. The standard InChI is InChI=1S/C17H25NO4/c1-12-14(16(19)17(2,3)20)6-5-13(15(12)21-4)11-18-7-9-22-10-8-18/h5-6,20H,7-11H2,1-4H3. The van der Waals surface area contributed by atoms with Gasteiger partial charge in [0.05, 0.1) is 20.3 Å². The van der Waals surface area contributed by atoms with Gasteiger partial charge in [-0.1, -0.05) is 12.1 Å². The topological polar surface area (TPSA) is 59.0 Å². The molecule has 1 fully saturated rings. The summed E-state index contributed by atoms with van der Waals surface area (Å²) in [6.45, 7) is 8.92. The van der Waals surface area contributed by atoms with Gasteiger partial charge in [-0.2, -0.15) is 0 Å². The third-order valence-corrected chi connectivity index (χ3v) is 3.99. The van der Waals surface area contributed by atoms with Crippen molar-refractivity contribution in [3.63, 3.8) is 0 Å². The molecular formula is C17H25NO4. The monoisotopic (exact) mass is 307 g/mol. The maximum absolute atomic E-state index is 12.3. The summed E-state index contributed by atoms with van der Waals surface area (Å²) >= 11 is 0. The molecule has 0 saturated carbocycles. The van der Waals surface area contributed by atoms with E-state index in [-0.39, 0.29) is 5.78 Å². The average Bonchev–Trinajstić information content (AvgIpc) is 2.47. The van der Waals surface area contributed by atoms with E-state index in [9.17, 15) is 9.90 Å². The molecular weight excluding hydrogens is 282 g/mol. The zero-order valence-corrected chi connectivity index (χ0v) is 13.8. The molecule has 0 unspecified atom stereocenters. The van der Waals surface area contributed by atoms with Crippen LogP contribution in [0.5, 0.6) is 5.75 Å². The Bertz CT molecular complexity index is 542. The predicted octanol–water partition coefficient (Wildman–Crippen LogP) is 1.79. The minimum Gasteiger partial charge on any atom is -0.496 e. The Balaban J connectivity index is 2.29. The smallest absolute Gasteiger partial charge is 0.194 e. The molecule has 5 nitrogen and oxygen atoms in total. The quantitative estimate of drug-likeness (QED) is 0.841. The third kappa shape index (κ3) is 3.66. The van der Waals surface area contributed by atoms with Gasteiger partial charge in [0, 0.05) is 36.3 Å². The first-order valence-electron chi connectivity index (χ1n) is 7.58. The van der Waals surface area contributed by atoms with Crippen LogP contribution >= 0.6 is 0 Å². The molecule has 0 atom stereocenters. The van der Waals surface area contributed by atoms with Crippen molar-refractivity contribution < 1.29 is 19.4 Å². The number of ketones is 1. The average molecular weight is 307 g/mol. The van der Waals surface area contributed by atoms with E-state index in [1.165, 1.54) is 13.8 Å². The van der Waals surface area contributed by atoms with Gasteiger partial charge in [-0.05, 0) is 20.8 Å². The van der Waals surface area contributed by atoms with Gasteiger partial charge in [0.1, 0.15) is 11.4 Å². The summed E-state index contributed by atoms with van der Waals surface area (Å²) in [4.78, 5) is 14.6. The molecule has 0 amide bonds. The normalized spacial score (nSPS) is 16.6. The largest absolute Gasteiger partial charge is 0.496 e. The maximum Gasteiger partial charge on any atom is 0.194 e. The molecule has 1 aromatic carbocycles. The summed E-state index contributed by atoms with van der Waals surface area (Å²) in [5.74, 6) is 0.433. The predicted molar refractivity (Wildman–Crippen MR) is 84.5 cm³/mol. The van der Waals surface area contributed by atoms with Gasteiger partial charge in [-0.15, -0.1) is 0 Å².